The largest absolute Gasteiger partial charge is 0.507 e. The number of methoxy groups -OCH3 is 1. The highest BCUT2D eigenvalue weighted by Gasteiger charge is 2.15. The lowest BCUT2D eigenvalue weighted by atomic mass is 9.99. The highest BCUT2D eigenvalue weighted by Crippen LogP contribution is 2.33. The lowest BCUT2D eigenvalue weighted by Crippen LogP contribution is -2.06. The van der Waals surface area contributed by atoms with Gasteiger partial charge in [0.1, 0.15) is 11.6 Å². The van der Waals surface area contributed by atoms with Gasteiger partial charge in [0.05, 0.1) is 18.9 Å². The van der Waals surface area contributed by atoms with Crippen LogP contribution in [0.15, 0.2) is 76.9 Å². The van der Waals surface area contributed by atoms with E-state index >= 15 is 0 Å². The van der Waals surface area contributed by atoms with Crippen LogP contribution in [0.1, 0.15) is 21.5 Å². The topological polar surface area (TPSA) is 97.3 Å². The Morgan fingerprint density at radius 1 is 1.13 bits per heavy atom. The Morgan fingerprint density at radius 3 is 2.65 bits per heavy atom. The summed E-state index contributed by atoms with van der Waals surface area (Å²) in [5.41, 5.74) is 7.75. The monoisotopic (exact) mass is 437 g/mol. The standard InChI is InChI=1S/C23H20FN3O3S/c1-30-22(29)16-10-11-20(24)19(12-16)18-9-5-8-17(21(18)28)13-26-27-23(25)31-14-15-6-3-2-4-7-15/h2-13,28H,14H2,1H3,(H2,25,27). The van der Waals surface area contributed by atoms with E-state index in [1.807, 2.05) is 30.3 Å². The van der Waals surface area contributed by atoms with Gasteiger partial charge < -0.3 is 15.6 Å². The number of aromatic hydroxyl groups is 1. The van der Waals surface area contributed by atoms with Crippen LogP contribution in [-0.2, 0) is 10.5 Å². The summed E-state index contributed by atoms with van der Waals surface area (Å²) < 4.78 is 19.0. The molecule has 0 saturated carbocycles. The van der Waals surface area contributed by atoms with E-state index in [9.17, 15) is 14.3 Å². The highest BCUT2D eigenvalue weighted by molar-refractivity contribution is 8.13. The molecule has 0 unspecified atom stereocenters. The number of carbonyl (C=O) groups is 1. The molecule has 8 heteroatoms. The van der Waals surface area contributed by atoms with Gasteiger partial charge in [-0.05, 0) is 29.8 Å². The second kappa shape index (κ2) is 10.4. The van der Waals surface area contributed by atoms with E-state index in [0.717, 1.165) is 11.6 Å². The van der Waals surface area contributed by atoms with Gasteiger partial charge in [-0.1, -0.05) is 54.2 Å². The molecule has 3 N–H and O–H groups in total. The SMILES string of the molecule is COC(=O)c1ccc(F)c(-c2cccc(C=NN=C(N)SCc3ccccc3)c2O)c1. The number of nitrogens with zero attached hydrogens (tertiary/aromatic N) is 2. The van der Waals surface area contributed by atoms with Gasteiger partial charge in [-0.15, -0.1) is 5.10 Å². The summed E-state index contributed by atoms with van der Waals surface area (Å²) in [7, 11) is 1.24. The summed E-state index contributed by atoms with van der Waals surface area (Å²) in [4.78, 5) is 11.8. The van der Waals surface area contributed by atoms with Crippen molar-refractivity contribution in [1.82, 2.24) is 0 Å². The minimum absolute atomic E-state index is 0.0667. The second-order valence-corrected chi connectivity index (χ2v) is 7.38. The van der Waals surface area contributed by atoms with Gasteiger partial charge in [0.2, 0.25) is 0 Å². The summed E-state index contributed by atoms with van der Waals surface area (Å²) in [6.07, 6.45) is 1.33. The Labute approximate surface area is 183 Å². The Hall–Kier alpha value is -3.65. The zero-order chi connectivity index (χ0) is 22.2. The average Bonchev–Trinajstić information content (AvgIpc) is 2.79. The molecule has 0 spiro atoms. The van der Waals surface area contributed by atoms with E-state index in [1.165, 1.54) is 37.2 Å². The number of rotatable bonds is 6. The van der Waals surface area contributed by atoms with Crippen molar-refractivity contribution in [2.45, 2.75) is 5.75 Å². The molecule has 3 aromatic rings. The number of benzene rings is 3. The highest BCUT2D eigenvalue weighted by atomic mass is 32.2. The second-order valence-electron chi connectivity index (χ2n) is 6.39. The summed E-state index contributed by atoms with van der Waals surface area (Å²) >= 11 is 1.34. The summed E-state index contributed by atoms with van der Waals surface area (Å²) in [5.74, 6) is -0.729. The Balaban J connectivity index is 1.79. The molecule has 0 amide bonds. The molecule has 0 atom stereocenters. The van der Waals surface area contributed by atoms with Gasteiger partial charge in [0.15, 0.2) is 5.17 Å². The molecular weight excluding hydrogens is 417 g/mol. The van der Waals surface area contributed by atoms with Crippen molar-refractivity contribution in [3.63, 3.8) is 0 Å². The molecule has 6 nitrogen and oxygen atoms in total. The first-order valence-corrected chi connectivity index (χ1v) is 10.2. The quantitative estimate of drug-likeness (QED) is 0.255. The van der Waals surface area contributed by atoms with Gasteiger partial charge in [0.25, 0.3) is 0 Å². The van der Waals surface area contributed by atoms with Crippen molar-refractivity contribution in [3.05, 3.63) is 89.2 Å². The van der Waals surface area contributed by atoms with E-state index in [1.54, 1.807) is 18.2 Å². The van der Waals surface area contributed by atoms with Crippen LogP contribution in [0, 0.1) is 5.82 Å². The average molecular weight is 437 g/mol. The number of para-hydroxylation sites is 1. The minimum Gasteiger partial charge on any atom is -0.507 e. The number of carbonyl (C=O) groups excluding carboxylic acids is 1. The zero-order valence-electron chi connectivity index (χ0n) is 16.7. The molecule has 158 valence electrons. The first-order valence-electron chi connectivity index (χ1n) is 9.23. The normalized spacial score (nSPS) is 11.6. The molecule has 0 aromatic heterocycles. The van der Waals surface area contributed by atoms with Crippen molar-refractivity contribution in [1.29, 1.82) is 0 Å². The fourth-order valence-electron chi connectivity index (χ4n) is 2.77. The molecule has 0 fully saturated rings. The number of nitrogens with two attached hydrogens (primary N) is 1. The number of thioether (sulfide) groups is 1. The number of amidine groups is 1. The Kier molecular flexibility index (Phi) is 7.40. The first-order chi connectivity index (χ1) is 15.0. The predicted molar refractivity (Wildman–Crippen MR) is 122 cm³/mol. The molecular formula is C23H20FN3O3S. The van der Waals surface area contributed by atoms with Crippen LogP contribution in [0.25, 0.3) is 11.1 Å². The maximum atomic E-state index is 14.4. The van der Waals surface area contributed by atoms with Crippen molar-refractivity contribution >= 4 is 29.1 Å². The molecule has 0 aliphatic heterocycles. The van der Waals surface area contributed by atoms with Crippen LogP contribution in [0.2, 0.25) is 0 Å². The van der Waals surface area contributed by atoms with Gasteiger partial charge in [-0.25, -0.2) is 9.18 Å². The van der Waals surface area contributed by atoms with Gasteiger partial charge in [0, 0.05) is 22.4 Å². The third-order valence-corrected chi connectivity index (χ3v) is 5.18. The molecule has 3 rings (SSSR count). The molecule has 0 aliphatic carbocycles. The van der Waals surface area contributed by atoms with Gasteiger partial charge in [-0.2, -0.15) is 5.10 Å². The maximum absolute atomic E-state index is 14.4. The molecule has 0 heterocycles. The summed E-state index contributed by atoms with van der Waals surface area (Å²) in [5, 5.41) is 18.7. The van der Waals surface area contributed by atoms with Crippen LogP contribution in [0.5, 0.6) is 5.75 Å². The van der Waals surface area contributed by atoms with Crippen LogP contribution in [0.4, 0.5) is 4.39 Å². The summed E-state index contributed by atoms with van der Waals surface area (Å²) in [6.45, 7) is 0. The smallest absolute Gasteiger partial charge is 0.337 e. The third kappa shape index (κ3) is 5.70. The van der Waals surface area contributed by atoms with Crippen LogP contribution in [0.3, 0.4) is 0 Å². The molecule has 0 radical (unpaired) electrons. The summed E-state index contributed by atoms with van der Waals surface area (Å²) in [6, 6.07) is 18.4. The number of ether oxygens (including phenoxy) is 1. The van der Waals surface area contributed by atoms with Crippen molar-refractivity contribution < 1.29 is 19.0 Å². The number of phenolic OH excluding ortho intramolecular Hbond substituents is 1. The fraction of sp³-hybridized carbons (Fsp3) is 0.0870. The minimum atomic E-state index is -0.601. The van der Waals surface area contributed by atoms with E-state index < -0.39 is 11.8 Å². The van der Waals surface area contributed by atoms with Crippen LogP contribution >= 0.6 is 11.8 Å². The molecule has 0 aliphatic rings. The van der Waals surface area contributed by atoms with E-state index in [4.69, 9.17) is 5.73 Å². The lowest BCUT2D eigenvalue weighted by Gasteiger charge is -2.09. The van der Waals surface area contributed by atoms with Crippen molar-refractivity contribution in [2.75, 3.05) is 7.11 Å². The van der Waals surface area contributed by atoms with Crippen molar-refractivity contribution in [2.24, 2.45) is 15.9 Å². The molecule has 0 saturated heterocycles. The zero-order valence-corrected chi connectivity index (χ0v) is 17.5. The van der Waals surface area contributed by atoms with E-state index in [-0.39, 0.29) is 27.6 Å². The van der Waals surface area contributed by atoms with Crippen molar-refractivity contribution in [3.8, 4) is 16.9 Å². The third-order valence-electron chi connectivity index (χ3n) is 4.33. The molecule has 31 heavy (non-hydrogen) atoms. The number of halogens is 1. The molecule has 3 aromatic carbocycles. The van der Waals surface area contributed by atoms with Gasteiger partial charge in [-0.3, -0.25) is 0 Å². The number of phenols is 1. The molecule has 0 bridgehead atoms. The maximum Gasteiger partial charge on any atom is 0.337 e. The first kappa shape index (κ1) is 22.0. The predicted octanol–water partition coefficient (Wildman–Crippen LogP) is 4.57. The lowest BCUT2D eigenvalue weighted by molar-refractivity contribution is 0.0600. The number of esters is 1. The van der Waals surface area contributed by atoms with Crippen LogP contribution in [-0.4, -0.2) is 29.6 Å². The van der Waals surface area contributed by atoms with Gasteiger partial charge >= 0.3 is 5.97 Å². The number of hydrogen-bond donors (Lipinski definition) is 2. The fourth-order valence-corrected chi connectivity index (χ4v) is 3.38. The number of hydrogen-bond acceptors (Lipinski definition) is 6. The van der Waals surface area contributed by atoms with E-state index in [0.29, 0.717) is 11.3 Å². The van der Waals surface area contributed by atoms with Crippen LogP contribution < -0.4 is 5.73 Å². The van der Waals surface area contributed by atoms with E-state index in [2.05, 4.69) is 14.9 Å². The Bertz CT molecular complexity index is 1130. The Morgan fingerprint density at radius 2 is 1.90 bits per heavy atom.